The molecule has 1 unspecified atom stereocenters. The summed E-state index contributed by atoms with van der Waals surface area (Å²) in [4.78, 5) is 26.0. The number of imide groups is 1. The smallest absolute Gasteiger partial charge is 0.241 e. The average Bonchev–Trinajstić information content (AvgIpc) is 2.83. The Balaban J connectivity index is 1.94. The molecule has 4 nitrogen and oxygen atoms in total. The van der Waals surface area contributed by atoms with Crippen LogP contribution in [0.3, 0.4) is 0 Å². The fraction of sp³-hybridized carbons (Fsp3) is 0.176. The summed E-state index contributed by atoms with van der Waals surface area (Å²) in [5.41, 5.74) is 2.06. The number of aliphatic hydroxyl groups excluding tert-OH is 1. The predicted octanol–water partition coefficient (Wildman–Crippen LogP) is 2.23. The zero-order chi connectivity index (χ0) is 14.8. The molecule has 106 valence electrons. The van der Waals surface area contributed by atoms with E-state index in [1.165, 1.54) is 4.90 Å². The number of carbonyl (C=O) groups excluding carboxylic acids is 2. The summed E-state index contributed by atoms with van der Waals surface area (Å²) in [6, 6.07) is 16.2. The van der Waals surface area contributed by atoms with Crippen LogP contribution in [0.2, 0.25) is 0 Å². The molecule has 0 spiro atoms. The Labute approximate surface area is 122 Å². The highest BCUT2D eigenvalue weighted by molar-refractivity contribution is 6.22. The van der Waals surface area contributed by atoms with Gasteiger partial charge in [0.05, 0.1) is 18.2 Å². The number of hydrogen-bond acceptors (Lipinski definition) is 3. The summed E-state index contributed by atoms with van der Waals surface area (Å²) in [5.74, 6) is -0.832. The molecule has 1 heterocycles. The first-order valence-corrected chi connectivity index (χ1v) is 6.82. The van der Waals surface area contributed by atoms with Gasteiger partial charge in [0, 0.05) is 6.42 Å². The SMILES string of the molecule is O=C1CC(c2ccccc2)C(=O)N1c1cccc(CO)c1. The summed E-state index contributed by atoms with van der Waals surface area (Å²) < 4.78 is 0. The van der Waals surface area contributed by atoms with Gasteiger partial charge in [0.15, 0.2) is 0 Å². The molecular formula is C17H15NO3. The monoisotopic (exact) mass is 281 g/mol. The normalized spacial score (nSPS) is 18.3. The summed E-state index contributed by atoms with van der Waals surface area (Å²) in [5, 5.41) is 9.18. The Kier molecular flexibility index (Phi) is 3.54. The fourth-order valence-corrected chi connectivity index (χ4v) is 2.64. The van der Waals surface area contributed by atoms with Crippen molar-refractivity contribution in [1.82, 2.24) is 0 Å². The van der Waals surface area contributed by atoms with Gasteiger partial charge in [0.1, 0.15) is 0 Å². The highest BCUT2D eigenvalue weighted by atomic mass is 16.3. The molecule has 1 aliphatic rings. The van der Waals surface area contributed by atoms with Gasteiger partial charge < -0.3 is 5.11 Å². The van der Waals surface area contributed by atoms with Crippen molar-refractivity contribution in [3.05, 3.63) is 65.7 Å². The standard InChI is InChI=1S/C17H15NO3/c19-11-12-5-4-8-14(9-12)18-16(20)10-15(17(18)21)13-6-2-1-3-7-13/h1-9,15,19H,10-11H2. The molecule has 2 amide bonds. The molecule has 0 saturated carbocycles. The molecule has 1 fully saturated rings. The average molecular weight is 281 g/mol. The molecule has 0 bridgehead atoms. The fourth-order valence-electron chi connectivity index (χ4n) is 2.64. The molecule has 1 atom stereocenters. The van der Waals surface area contributed by atoms with E-state index in [0.717, 1.165) is 5.56 Å². The van der Waals surface area contributed by atoms with Gasteiger partial charge in [-0.3, -0.25) is 9.59 Å². The highest BCUT2D eigenvalue weighted by Gasteiger charge is 2.40. The van der Waals surface area contributed by atoms with Gasteiger partial charge in [-0.15, -0.1) is 0 Å². The third-order valence-corrected chi connectivity index (χ3v) is 3.70. The number of anilines is 1. The topological polar surface area (TPSA) is 57.6 Å². The van der Waals surface area contributed by atoms with Crippen molar-refractivity contribution in [2.75, 3.05) is 4.90 Å². The van der Waals surface area contributed by atoms with Crippen LogP contribution in [-0.2, 0) is 16.2 Å². The summed E-state index contributed by atoms with van der Waals surface area (Å²) in [6.07, 6.45) is 0.187. The largest absolute Gasteiger partial charge is 0.392 e. The van der Waals surface area contributed by atoms with Crippen LogP contribution < -0.4 is 4.90 Å². The number of rotatable bonds is 3. The number of benzene rings is 2. The van der Waals surface area contributed by atoms with Crippen molar-refractivity contribution in [2.24, 2.45) is 0 Å². The van der Waals surface area contributed by atoms with E-state index in [2.05, 4.69) is 0 Å². The van der Waals surface area contributed by atoms with Crippen LogP contribution >= 0.6 is 0 Å². The van der Waals surface area contributed by atoms with Gasteiger partial charge in [-0.1, -0.05) is 42.5 Å². The van der Waals surface area contributed by atoms with E-state index in [4.69, 9.17) is 0 Å². The second-order valence-electron chi connectivity index (χ2n) is 5.06. The number of hydrogen-bond donors (Lipinski definition) is 1. The van der Waals surface area contributed by atoms with Crippen LogP contribution in [0.15, 0.2) is 54.6 Å². The molecule has 4 heteroatoms. The van der Waals surface area contributed by atoms with E-state index in [0.29, 0.717) is 11.3 Å². The third kappa shape index (κ3) is 2.45. The highest BCUT2D eigenvalue weighted by Crippen LogP contribution is 2.33. The number of aliphatic hydroxyl groups is 1. The minimum absolute atomic E-state index is 0.119. The molecule has 0 aromatic heterocycles. The first-order valence-electron chi connectivity index (χ1n) is 6.82. The maximum atomic E-state index is 12.6. The Morgan fingerprint density at radius 3 is 2.52 bits per heavy atom. The summed E-state index contributed by atoms with van der Waals surface area (Å²) in [7, 11) is 0. The zero-order valence-corrected chi connectivity index (χ0v) is 11.4. The molecule has 3 rings (SSSR count). The first-order chi connectivity index (χ1) is 10.2. The van der Waals surface area contributed by atoms with Crippen LogP contribution in [0, 0.1) is 0 Å². The van der Waals surface area contributed by atoms with Gasteiger partial charge in [-0.25, -0.2) is 4.90 Å². The van der Waals surface area contributed by atoms with Crippen LogP contribution in [-0.4, -0.2) is 16.9 Å². The van der Waals surface area contributed by atoms with Crippen LogP contribution in [0.1, 0.15) is 23.5 Å². The van der Waals surface area contributed by atoms with Gasteiger partial charge >= 0.3 is 0 Å². The molecule has 21 heavy (non-hydrogen) atoms. The van der Waals surface area contributed by atoms with E-state index >= 15 is 0 Å². The Morgan fingerprint density at radius 1 is 1.05 bits per heavy atom. The van der Waals surface area contributed by atoms with Crippen molar-refractivity contribution in [3.8, 4) is 0 Å². The maximum Gasteiger partial charge on any atom is 0.241 e. The van der Waals surface area contributed by atoms with Crippen molar-refractivity contribution in [2.45, 2.75) is 18.9 Å². The summed E-state index contributed by atoms with van der Waals surface area (Å²) >= 11 is 0. The van der Waals surface area contributed by atoms with E-state index in [-0.39, 0.29) is 24.8 Å². The maximum absolute atomic E-state index is 12.6. The number of carbonyl (C=O) groups is 2. The molecule has 0 aliphatic carbocycles. The second-order valence-corrected chi connectivity index (χ2v) is 5.06. The molecule has 0 radical (unpaired) electrons. The van der Waals surface area contributed by atoms with Gasteiger partial charge in [-0.05, 0) is 23.3 Å². The number of nitrogens with zero attached hydrogens (tertiary/aromatic N) is 1. The zero-order valence-electron chi connectivity index (χ0n) is 11.4. The minimum atomic E-state index is -0.420. The van der Waals surface area contributed by atoms with Crippen LogP contribution in [0.25, 0.3) is 0 Å². The molecule has 1 saturated heterocycles. The lowest BCUT2D eigenvalue weighted by molar-refractivity contribution is -0.121. The Hall–Kier alpha value is -2.46. The number of amides is 2. The molecule has 2 aromatic rings. The van der Waals surface area contributed by atoms with Crippen LogP contribution in [0.4, 0.5) is 5.69 Å². The molecule has 1 aliphatic heterocycles. The first kappa shape index (κ1) is 13.5. The minimum Gasteiger partial charge on any atom is -0.392 e. The van der Waals surface area contributed by atoms with Gasteiger partial charge in [0.25, 0.3) is 0 Å². The lowest BCUT2D eigenvalue weighted by Gasteiger charge is -2.16. The second kappa shape index (κ2) is 5.50. The van der Waals surface area contributed by atoms with Gasteiger partial charge in [0.2, 0.25) is 11.8 Å². The lowest BCUT2D eigenvalue weighted by atomic mass is 9.98. The van der Waals surface area contributed by atoms with Crippen molar-refractivity contribution in [3.63, 3.8) is 0 Å². The van der Waals surface area contributed by atoms with Gasteiger partial charge in [-0.2, -0.15) is 0 Å². The molecule has 2 aromatic carbocycles. The van der Waals surface area contributed by atoms with E-state index in [9.17, 15) is 14.7 Å². The lowest BCUT2D eigenvalue weighted by Crippen LogP contribution is -2.30. The predicted molar refractivity (Wildman–Crippen MR) is 78.7 cm³/mol. The van der Waals surface area contributed by atoms with Crippen molar-refractivity contribution < 1.29 is 14.7 Å². The van der Waals surface area contributed by atoms with Crippen molar-refractivity contribution >= 4 is 17.5 Å². The molecular weight excluding hydrogens is 266 g/mol. The van der Waals surface area contributed by atoms with E-state index in [1.807, 2.05) is 30.3 Å². The quantitative estimate of drug-likeness (QED) is 0.878. The van der Waals surface area contributed by atoms with E-state index < -0.39 is 5.92 Å². The van der Waals surface area contributed by atoms with Crippen LogP contribution in [0.5, 0.6) is 0 Å². The summed E-state index contributed by atoms with van der Waals surface area (Å²) in [6.45, 7) is -0.119. The van der Waals surface area contributed by atoms with E-state index in [1.54, 1.807) is 24.3 Å². The Morgan fingerprint density at radius 2 is 1.81 bits per heavy atom. The van der Waals surface area contributed by atoms with Crippen molar-refractivity contribution in [1.29, 1.82) is 0 Å². The third-order valence-electron chi connectivity index (χ3n) is 3.70. The molecule has 1 N–H and O–H groups in total. The Bertz CT molecular complexity index is 681.